The molecule has 0 aliphatic heterocycles. The molecule has 0 aromatic heterocycles. The van der Waals surface area contributed by atoms with Crippen LogP contribution in [0.1, 0.15) is 39.0 Å². The molecule has 1 rings (SSSR count). The predicted molar refractivity (Wildman–Crippen MR) is 55.1 cm³/mol. The van der Waals surface area contributed by atoms with Crippen molar-refractivity contribution in [2.45, 2.75) is 39.0 Å². The molecule has 0 saturated carbocycles. The summed E-state index contributed by atoms with van der Waals surface area (Å²) >= 11 is 0. The van der Waals surface area contributed by atoms with Crippen LogP contribution >= 0.6 is 0 Å². The molecule has 1 aliphatic carbocycles. The van der Waals surface area contributed by atoms with Gasteiger partial charge in [0.2, 0.25) is 0 Å². The minimum Gasteiger partial charge on any atom is -0.198 e. The second-order valence-electron chi connectivity index (χ2n) is 3.84. The Morgan fingerprint density at radius 1 is 1.77 bits per heavy atom. The van der Waals surface area contributed by atoms with Gasteiger partial charge in [-0.2, -0.15) is 5.26 Å². The second kappa shape index (κ2) is 4.87. The second-order valence-corrected chi connectivity index (χ2v) is 3.84. The molecule has 1 nitrogen and oxygen atoms in total. The summed E-state index contributed by atoms with van der Waals surface area (Å²) in [6, 6.07) is 2.19. The highest BCUT2D eigenvalue weighted by Gasteiger charge is 2.14. The summed E-state index contributed by atoms with van der Waals surface area (Å²) in [6.45, 7) is 6.09. The number of nitrogens with zero attached hydrogens (tertiary/aromatic N) is 1. The van der Waals surface area contributed by atoms with Crippen LogP contribution in [0.2, 0.25) is 0 Å². The smallest absolute Gasteiger partial charge is 0.0625 e. The molecule has 0 fully saturated rings. The first-order valence-electron chi connectivity index (χ1n) is 4.94. The maximum absolute atomic E-state index is 8.45. The SMILES string of the molecule is C=C(C)C1CC=C(CCC#N)CC1. The van der Waals surface area contributed by atoms with Gasteiger partial charge in [-0.1, -0.05) is 23.8 Å². The number of nitriles is 1. The average Bonchev–Trinajstić information content (AvgIpc) is 2.15. The maximum Gasteiger partial charge on any atom is 0.0625 e. The highest BCUT2D eigenvalue weighted by atomic mass is 14.2. The highest BCUT2D eigenvalue weighted by molar-refractivity contribution is 5.12. The van der Waals surface area contributed by atoms with Crippen LogP contribution < -0.4 is 0 Å². The van der Waals surface area contributed by atoms with Gasteiger partial charge in [0.1, 0.15) is 0 Å². The zero-order valence-corrected chi connectivity index (χ0v) is 8.34. The molecule has 1 aliphatic rings. The first-order chi connectivity index (χ1) is 6.24. The molecule has 0 aromatic carbocycles. The van der Waals surface area contributed by atoms with E-state index in [1.165, 1.54) is 24.0 Å². The van der Waals surface area contributed by atoms with E-state index in [4.69, 9.17) is 5.26 Å². The van der Waals surface area contributed by atoms with E-state index < -0.39 is 0 Å². The Kier molecular flexibility index (Phi) is 3.76. The normalized spacial score (nSPS) is 21.8. The van der Waals surface area contributed by atoms with Gasteiger partial charge in [0.05, 0.1) is 6.07 Å². The Morgan fingerprint density at radius 2 is 2.54 bits per heavy atom. The van der Waals surface area contributed by atoms with Crippen LogP contribution in [0.3, 0.4) is 0 Å². The predicted octanol–water partition coefficient (Wildman–Crippen LogP) is 3.59. The summed E-state index contributed by atoms with van der Waals surface area (Å²) < 4.78 is 0. The summed E-state index contributed by atoms with van der Waals surface area (Å²) in [5, 5.41) is 8.45. The standard InChI is InChI=1S/C12H17N/c1-10(2)12-7-5-11(6-8-12)4-3-9-13/h5,12H,1,3-4,6-8H2,2H3. The Bertz CT molecular complexity index is 255. The third-order valence-corrected chi connectivity index (χ3v) is 2.76. The van der Waals surface area contributed by atoms with Crippen molar-refractivity contribution in [2.24, 2.45) is 5.92 Å². The highest BCUT2D eigenvalue weighted by Crippen LogP contribution is 2.29. The van der Waals surface area contributed by atoms with Crippen LogP contribution in [-0.2, 0) is 0 Å². The monoisotopic (exact) mass is 175 g/mol. The Balaban J connectivity index is 2.39. The van der Waals surface area contributed by atoms with Crippen LogP contribution in [0.15, 0.2) is 23.8 Å². The van der Waals surface area contributed by atoms with Crippen LogP contribution in [0.25, 0.3) is 0 Å². The fourth-order valence-corrected chi connectivity index (χ4v) is 1.78. The van der Waals surface area contributed by atoms with Gasteiger partial charge >= 0.3 is 0 Å². The molecular formula is C12H17N. The van der Waals surface area contributed by atoms with E-state index in [1.807, 2.05) is 0 Å². The molecule has 0 aromatic rings. The van der Waals surface area contributed by atoms with Crippen LogP contribution in [0.5, 0.6) is 0 Å². The Hall–Kier alpha value is -1.03. The van der Waals surface area contributed by atoms with Crippen molar-refractivity contribution < 1.29 is 0 Å². The zero-order chi connectivity index (χ0) is 9.68. The number of rotatable bonds is 3. The lowest BCUT2D eigenvalue weighted by atomic mass is 9.84. The van der Waals surface area contributed by atoms with Gasteiger partial charge in [-0.25, -0.2) is 0 Å². The molecule has 1 unspecified atom stereocenters. The molecule has 0 amide bonds. The molecule has 0 radical (unpaired) electrons. The minimum absolute atomic E-state index is 0.670. The molecule has 0 N–H and O–H groups in total. The van der Waals surface area contributed by atoms with E-state index in [9.17, 15) is 0 Å². The fraction of sp³-hybridized carbons (Fsp3) is 0.583. The summed E-state index contributed by atoms with van der Waals surface area (Å²) in [5.41, 5.74) is 2.77. The minimum atomic E-state index is 0.670. The summed E-state index contributed by atoms with van der Waals surface area (Å²) in [6.07, 6.45) is 7.48. The molecule has 0 saturated heterocycles. The van der Waals surface area contributed by atoms with Gasteiger partial charge in [0, 0.05) is 6.42 Å². The Labute approximate surface area is 80.8 Å². The van der Waals surface area contributed by atoms with Crippen LogP contribution in [-0.4, -0.2) is 0 Å². The van der Waals surface area contributed by atoms with Crippen molar-refractivity contribution in [2.75, 3.05) is 0 Å². The van der Waals surface area contributed by atoms with Crippen molar-refractivity contribution in [1.29, 1.82) is 5.26 Å². The maximum atomic E-state index is 8.45. The van der Waals surface area contributed by atoms with Crippen molar-refractivity contribution in [3.63, 3.8) is 0 Å². The van der Waals surface area contributed by atoms with Gasteiger partial charge in [0.25, 0.3) is 0 Å². The molecule has 1 heteroatoms. The topological polar surface area (TPSA) is 23.8 Å². The lowest BCUT2D eigenvalue weighted by Gasteiger charge is -2.21. The van der Waals surface area contributed by atoms with Gasteiger partial charge in [-0.3, -0.25) is 0 Å². The molecule has 1 atom stereocenters. The lowest BCUT2D eigenvalue weighted by Crippen LogP contribution is -2.06. The Morgan fingerprint density at radius 3 is 3.00 bits per heavy atom. The molecule has 0 heterocycles. The number of hydrogen-bond donors (Lipinski definition) is 0. The van der Waals surface area contributed by atoms with E-state index in [1.54, 1.807) is 0 Å². The van der Waals surface area contributed by atoms with E-state index >= 15 is 0 Å². The van der Waals surface area contributed by atoms with Gasteiger partial charge in [-0.15, -0.1) is 0 Å². The molecule has 13 heavy (non-hydrogen) atoms. The average molecular weight is 175 g/mol. The molecule has 0 spiro atoms. The van der Waals surface area contributed by atoms with Gasteiger partial charge < -0.3 is 0 Å². The van der Waals surface area contributed by atoms with Gasteiger partial charge in [-0.05, 0) is 38.5 Å². The summed E-state index contributed by atoms with van der Waals surface area (Å²) in [4.78, 5) is 0. The van der Waals surface area contributed by atoms with E-state index in [0.717, 1.165) is 12.8 Å². The molecular weight excluding hydrogens is 158 g/mol. The van der Waals surface area contributed by atoms with E-state index in [-0.39, 0.29) is 0 Å². The first-order valence-corrected chi connectivity index (χ1v) is 4.94. The number of hydrogen-bond acceptors (Lipinski definition) is 1. The number of allylic oxidation sites excluding steroid dienone is 3. The largest absolute Gasteiger partial charge is 0.198 e. The summed E-state index contributed by atoms with van der Waals surface area (Å²) in [7, 11) is 0. The van der Waals surface area contributed by atoms with E-state index in [2.05, 4.69) is 25.6 Å². The van der Waals surface area contributed by atoms with Gasteiger partial charge in [0.15, 0.2) is 0 Å². The van der Waals surface area contributed by atoms with Crippen LogP contribution in [0, 0.1) is 17.2 Å². The summed E-state index contributed by atoms with van der Waals surface area (Å²) in [5.74, 6) is 0.686. The van der Waals surface area contributed by atoms with Crippen LogP contribution in [0.4, 0.5) is 0 Å². The van der Waals surface area contributed by atoms with E-state index in [0.29, 0.717) is 12.3 Å². The first kappa shape index (κ1) is 10.1. The molecule has 0 bridgehead atoms. The van der Waals surface area contributed by atoms with Crippen molar-refractivity contribution in [3.05, 3.63) is 23.8 Å². The zero-order valence-electron chi connectivity index (χ0n) is 8.34. The third kappa shape index (κ3) is 3.06. The lowest BCUT2D eigenvalue weighted by molar-refractivity contribution is 0.532. The third-order valence-electron chi connectivity index (χ3n) is 2.76. The fourth-order valence-electron chi connectivity index (χ4n) is 1.78. The van der Waals surface area contributed by atoms with Crippen molar-refractivity contribution >= 4 is 0 Å². The quantitative estimate of drug-likeness (QED) is 0.601. The van der Waals surface area contributed by atoms with Crippen molar-refractivity contribution in [1.82, 2.24) is 0 Å². The molecule has 70 valence electrons. The van der Waals surface area contributed by atoms with Crippen molar-refractivity contribution in [3.8, 4) is 6.07 Å².